The van der Waals surface area contributed by atoms with Gasteiger partial charge in [-0.05, 0) is 36.2 Å². The van der Waals surface area contributed by atoms with Crippen LogP contribution in [0, 0.1) is 11.6 Å². The molecule has 0 bridgehead atoms. The number of rotatable bonds is 6. The fourth-order valence-corrected chi connectivity index (χ4v) is 2.29. The molecule has 0 aliphatic rings. The number of hydrogen-bond donors (Lipinski definition) is 0. The number of likely N-dealkylation sites (N-methyl/N-ethyl adjacent to an activating group) is 1. The molecule has 1 aromatic heterocycles. The fourth-order valence-electron chi connectivity index (χ4n) is 2.29. The first kappa shape index (κ1) is 18.5. The molecule has 132 valence electrons. The summed E-state index contributed by atoms with van der Waals surface area (Å²) in [6.45, 7) is 1.36. The van der Waals surface area contributed by atoms with Gasteiger partial charge in [0.05, 0.1) is 5.69 Å². The van der Waals surface area contributed by atoms with Gasteiger partial charge in [-0.15, -0.1) is 0 Å². The SMILES string of the molecule is CC(=O)N(CC(=O)N(C)CCc1ccncc1)c1ccc(F)cc1F. The molecule has 1 heterocycles. The van der Waals surface area contributed by atoms with Crippen molar-refractivity contribution in [3.05, 3.63) is 59.9 Å². The van der Waals surface area contributed by atoms with E-state index in [1.165, 1.54) is 11.8 Å². The van der Waals surface area contributed by atoms with Gasteiger partial charge in [0.1, 0.15) is 18.2 Å². The highest BCUT2D eigenvalue weighted by molar-refractivity contribution is 5.97. The molecule has 2 rings (SSSR count). The molecular formula is C18H19F2N3O2. The number of hydrogen-bond acceptors (Lipinski definition) is 3. The van der Waals surface area contributed by atoms with Crippen molar-refractivity contribution in [3.63, 3.8) is 0 Å². The van der Waals surface area contributed by atoms with E-state index in [-0.39, 0.29) is 18.1 Å². The molecule has 2 amide bonds. The minimum absolute atomic E-state index is 0.121. The lowest BCUT2D eigenvalue weighted by molar-refractivity contribution is -0.130. The lowest BCUT2D eigenvalue weighted by atomic mass is 10.2. The van der Waals surface area contributed by atoms with Crippen molar-refractivity contribution in [2.75, 3.05) is 25.0 Å². The molecule has 0 spiro atoms. The third-order valence-corrected chi connectivity index (χ3v) is 3.79. The average Bonchev–Trinajstić information content (AvgIpc) is 2.58. The largest absolute Gasteiger partial charge is 0.344 e. The van der Waals surface area contributed by atoms with Crippen LogP contribution >= 0.6 is 0 Å². The quantitative estimate of drug-likeness (QED) is 0.806. The maximum absolute atomic E-state index is 13.9. The maximum Gasteiger partial charge on any atom is 0.242 e. The second kappa shape index (κ2) is 8.32. The Morgan fingerprint density at radius 1 is 1.12 bits per heavy atom. The van der Waals surface area contributed by atoms with Crippen LogP contribution in [0.15, 0.2) is 42.7 Å². The Balaban J connectivity index is 2.03. The van der Waals surface area contributed by atoms with E-state index in [9.17, 15) is 18.4 Å². The summed E-state index contributed by atoms with van der Waals surface area (Å²) in [7, 11) is 1.61. The van der Waals surface area contributed by atoms with E-state index in [0.29, 0.717) is 19.0 Å². The van der Waals surface area contributed by atoms with E-state index in [4.69, 9.17) is 0 Å². The van der Waals surface area contributed by atoms with Crippen LogP contribution in [0.2, 0.25) is 0 Å². The van der Waals surface area contributed by atoms with E-state index in [1.54, 1.807) is 19.4 Å². The third-order valence-electron chi connectivity index (χ3n) is 3.79. The highest BCUT2D eigenvalue weighted by Gasteiger charge is 2.21. The van der Waals surface area contributed by atoms with Gasteiger partial charge in [0, 0.05) is 39.0 Å². The zero-order chi connectivity index (χ0) is 18.4. The number of carbonyl (C=O) groups excluding carboxylic acids is 2. The Kier molecular flexibility index (Phi) is 6.16. The molecule has 0 N–H and O–H groups in total. The van der Waals surface area contributed by atoms with Crippen LogP contribution < -0.4 is 4.90 Å². The van der Waals surface area contributed by atoms with Crippen LogP contribution in [0.5, 0.6) is 0 Å². The van der Waals surface area contributed by atoms with Crippen LogP contribution in [0.4, 0.5) is 14.5 Å². The zero-order valence-corrected chi connectivity index (χ0v) is 14.1. The molecule has 1 aromatic carbocycles. The van der Waals surface area contributed by atoms with Crippen LogP contribution in [0.25, 0.3) is 0 Å². The van der Waals surface area contributed by atoms with Crippen LogP contribution in [0.1, 0.15) is 12.5 Å². The number of aromatic nitrogens is 1. The molecule has 0 aliphatic heterocycles. The monoisotopic (exact) mass is 347 g/mol. The highest BCUT2D eigenvalue weighted by atomic mass is 19.1. The maximum atomic E-state index is 13.9. The summed E-state index contributed by atoms with van der Waals surface area (Å²) in [5.74, 6) is -2.47. The Labute approximate surface area is 144 Å². The summed E-state index contributed by atoms with van der Waals surface area (Å²) in [6, 6.07) is 6.59. The Bertz CT molecular complexity index is 753. The number of amides is 2. The Morgan fingerprint density at radius 2 is 1.80 bits per heavy atom. The summed E-state index contributed by atoms with van der Waals surface area (Å²) in [4.78, 5) is 30.6. The van der Waals surface area contributed by atoms with Crippen molar-refractivity contribution in [3.8, 4) is 0 Å². The number of halogens is 2. The second-order valence-corrected chi connectivity index (χ2v) is 5.62. The standard InChI is InChI=1S/C18H19F2N3O2/c1-13(24)23(17-4-3-15(19)11-16(17)20)12-18(25)22(2)10-7-14-5-8-21-9-6-14/h3-6,8-9,11H,7,10,12H2,1-2H3. The fraction of sp³-hybridized carbons (Fsp3) is 0.278. The first-order valence-corrected chi connectivity index (χ1v) is 7.74. The predicted octanol–water partition coefficient (Wildman–Crippen LogP) is 2.41. The highest BCUT2D eigenvalue weighted by Crippen LogP contribution is 2.20. The minimum Gasteiger partial charge on any atom is -0.344 e. The minimum atomic E-state index is -0.887. The van der Waals surface area contributed by atoms with Crippen molar-refractivity contribution < 1.29 is 18.4 Å². The molecule has 2 aromatic rings. The number of anilines is 1. The van der Waals surface area contributed by atoms with Crippen molar-refractivity contribution in [2.24, 2.45) is 0 Å². The van der Waals surface area contributed by atoms with Gasteiger partial charge in [-0.2, -0.15) is 0 Å². The van der Waals surface area contributed by atoms with Gasteiger partial charge in [0.25, 0.3) is 0 Å². The van der Waals surface area contributed by atoms with Crippen molar-refractivity contribution in [2.45, 2.75) is 13.3 Å². The summed E-state index contributed by atoms with van der Waals surface area (Å²) in [5, 5.41) is 0. The van der Waals surface area contributed by atoms with E-state index >= 15 is 0 Å². The summed E-state index contributed by atoms with van der Waals surface area (Å²) >= 11 is 0. The summed E-state index contributed by atoms with van der Waals surface area (Å²) in [6.07, 6.45) is 3.98. The zero-order valence-electron chi connectivity index (χ0n) is 14.1. The molecule has 0 radical (unpaired) electrons. The Hall–Kier alpha value is -2.83. The van der Waals surface area contributed by atoms with Gasteiger partial charge < -0.3 is 9.80 Å². The van der Waals surface area contributed by atoms with Crippen molar-refractivity contribution >= 4 is 17.5 Å². The topological polar surface area (TPSA) is 53.5 Å². The second-order valence-electron chi connectivity index (χ2n) is 5.62. The van der Waals surface area contributed by atoms with Gasteiger partial charge in [0.2, 0.25) is 11.8 Å². The van der Waals surface area contributed by atoms with E-state index in [2.05, 4.69) is 4.98 Å². The molecule has 5 nitrogen and oxygen atoms in total. The first-order chi connectivity index (χ1) is 11.9. The van der Waals surface area contributed by atoms with E-state index < -0.39 is 17.5 Å². The number of nitrogens with zero attached hydrogens (tertiary/aromatic N) is 3. The predicted molar refractivity (Wildman–Crippen MR) is 90.0 cm³/mol. The lowest BCUT2D eigenvalue weighted by Crippen LogP contribution is -2.41. The van der Waals surface area contributed by atoms with E-state index in [1.807, 2.05) is 12.1 Å². The van der Waals surface area contributed by atoms with Crippen molar-refractivity contribution in [1.29, 1.82) is 0 Å². The molecule has 25 heavy (non-hydrogen) atoms. The molecule has 0 saturated heterocycles. The average molecular weight is 347 g/mol. The van der Waals surface area contributed by atoms with Gasteiger partial charge in [-0.1, -0.05) is 0 Å². The number of benzene rings is 1. The van der Waals surface area contributed by atoms with Gasteiger partial charge >= 0.3 is 0 Å². The number of pyridine rings is 1. The molecule has 0 saturated carbocycles. The smallest absolute Gasteiger partial charge is 0.242 e. The van der Waals surface area contributed by atoms with Gasteiger partial charge in [-0.3, -0.25) is 14.6 Å². The number of carbonyl (C=O) groups is 2. The normalized spacial score (nSPS) is 10.4. The third kappa shape index (κ3) is 5.07. The summed E-state index contributed by atoms with van der Waals surface area (Å²) < 4.78 is 27.0. The van der Waals surface area contributed by atoms with Crippen LogP contribution in [-0.2, 0) is 16.0 Å². The molecule has 0 fully saturated rings. The molecule has 0 atom stereocenters. The van der Waals surface area contributed by atoms with E-state index in [0.717, 1.165) is 22.6 Å². The summed E-state index contributed by atoms with van der Waals surface area (Å²) in [5.41, 5.74) is 0.910. The van der Waals surface area contributed by atoms with Crippen LogP contribution in [0.3, 0.4) is 0 Å². The van der Waals surface area contributed by atoms with Gasteiger partial charge in [0.15, 0.2) is 0 Å². The van der Waals surface area contributed by atoms with Crippen molar-refractivity contribution in [1.82, 2.24) is 9.88 Å². The lowest BCUT2D eigenvalue weighted by Gasteiger charge is -2.24. The molecule has 0 unspecified atom stereocenters. The Morgan fingerprint density at radius 3 is 2.40 bits per heavy atom. The molecule has 7 heteroatoms. The first-order valence-electron chi connectivity index (χ1n) is 7.74. The molecular weight excluding hydrogens is 328 g/mol. The molecule has 0 aliphatic carbocycles. The van der Waals surface area contributed by atoms with Crippen LogP contribution in [-0.4, -0.2) is 41.8 Å². The van der Waals surface area contributed by atoms with Gasteiger partial charge in [-0.25, -0.2) is 8.78 Å².